The second-order valence-corrected chi connectivity index (χ2v) is 5.52. The molecule has 0 saturated heterocycles. The van der Waals surface area contributed by atoms with E-state index in [1.807, 2.05) is 43.5 Å². The van der Waals surface area contributed by atoms with Crippen molar-refractivity contribution in [2.24, 2.45) is 0 Å². The maximum absolute atomic E-state index is 12.6. The standard InChI is InChI=1S/C17H17N3OS/c1-4-13-14(10-18)17(22-3)19-11(2)15(13)16(21)20-12-8-6-5-7-9-12/h5-9H,4H2,1-3H3,(H,20,21). The number of aryl methyl sites for hydroxylation is 1. The maximum atomic E-state index is 12.6. The van der Waals surface area contributed by atoms with Crippen molar-refractivity contribution in [3.05, 3.63) is 52.7 Å². The summed E-state index contributed by atoms with van der Waals surface area (Å²) in [4.78, 5) is 17.0. The summed E-state index contributed by atoms with van der Waals surface area (Å²) in [5.74, 6) is -0.225. The lowest BCUT2D eigenvalue weighted by Crippen LogP contribution is -2.18. The number of carbonyl (C=O) groups is 1. The van der Waals surface area contributed by atoms with E-state index in [1.165, 1.54) is 11.8 Å². The molecule has 0 bridgehead atoms. The van der Waals surface area contributed by atoms with Crippen LogP contribution in [0.2, 0.25) is 0 Å². The molecule has 1 N–H and O–H groups in total. The normalized spacial score (nSPS) is 10.1. The van der Waals surface area contributed by atoms with Crippen molar-refractivity contribution in [2.75, 3.05) is 11.6 Å². The Kier molecular flexibility index (Phi) is 5.18. The quantitative estimate of drug-likeness (QED) is 0.872. The maximum Gasteiger partial charge on any atom is 0.257 e. The van der Waals surface area contributed by atoms with Crippen molar-refractivity contribution >= 4 is 23.4 Å². The van der Waals surface area contributed by atoms with Crippen molar-refractivity contribution < 1.29 is 4.79 Å². The Morgan fingerprint density at radius 2 is 2.05 bits per heavy atom. The third-order valence-electron chi connectivity index (χ3n) is 3.37. The number of rotatable bonds is 4. The highest BCUT2D eigenvalue weighted by Gasteiger charge is 2.21. The van der Waals surface area contributed by atoms with Crippen LogP contribution in [0, 0.1) is 18.3 Å². The molecule has 1 amide bonds. The van der Waals surface area contributed by atoms with Crippen LogP contribution in [0.3, 0.4) is 0 Å². The second-order valence-electron chi connectivity index (χ2n) is 4.72. The number of aromatic nitrogens is 1. The van der Waals surface area contributed by atoms with Crippen LogP contribution in [0.4, 0.5) is 5.69 Å². The van der Waals surface area contributed by atoms with E-state index in [1.54, 1.807) is 6.92 Å². The first kappa shape index (κ1) is 16.1. The molecule has 0 aliphatic heterocycles. The third kappa shape index (κ3) is 3.12. The smallest absolute Gasteiger partial charge is 0.257 e. The monoisotopic (exact) mass is 311 g/mol. The first-order valence-corrected chi connectivity index (χ1v) is 8.18. The summed E-state index contributed by atoms with van der Waals surface area (Å²) in [6.07, 6.45) is 2.49. The number of pyridine rings is 1. The lowest BCUT2D eigenvalue weighted by molar-refractivity contribution is 0.102. The van der Waals surface area contributed by atoms with Gasteiger partial charge in [-0.3, -0.25) is 4.79 Å². The molecule has 0 atom stereocenters. The number of nitriles is 1. The van der Waals surface area contributed by atoms with Gasteiger partial charge in [-0.15, -0.1) is 11.8 Å². The van der Waals surface area contributed by atoms with Gasteiger partial charge in [-0.1, -0.05) is 25.1 Å². The van der Waals surface area contributed by atoms with Crippen LogP contribution in [0.5, 0.6) is 0 Å². The fourth-order valence-electron chi connectivity index (χ4n) is 2.37. The van der Waals surface area contributed by atoms with Gasteiger partial charge in [0.2, 0.25) is 0 Å². The summed E-state index contributed by atoms with van der Waals surface area (Å²) in [7, 11) is 0. The minimum absolute atomic E-state index is 0.225. The summed E-state index contributed by atoms with van der Waals surface area (Å²) in [6, 6.07) is 11.5. The molecular formula is C17H17N3OS. The van der Waals surface area contributed by atoms with E-state index in [4.69, 9.17) is 0 Å². The van der Waals surface area contributed by atoms with E-state index in [0.29, 0.717) is 28.3 Å². The number of hydrogen-bond acceptors (Lipinski definition) is 4. The molecule has 5 heteroatoms. The summed E-state index contributed by atoms with van der Waals surface area (Å²) in [5, 5.41) is 13.0. The molecule has 0 aliphatic rings. The van der Waals surface area contributed by atoms with E-state index in [2.05, 4.69) is 16.4 Å². The Morgan fingerprint density at radius 3 is 2.59 bits per heavy atom. The number of hydrogen-bond donors (Lipinski definition) is 1. The molecule has 1 aromatic heterocycles. The molecule has 0 saturated carbocycles. The van der Waals surface area contributed by atoms with Gasteiger partial charge in [0.25, 0.3) is 5.91 Å². The first-order valence-electron chi connectivity index (χ1n) is 6.96. The summed E-state index contributed by atoms with van der Waals surface area (Å²) >= 11 is 1.42. The molecule has 1 aromatic carbocycles. The van der Waals surface area contributed by atoms with E-state index in [-0.39, 0.29) is 5.91 Å². The third-order valence-corrected chi connectivity index (χ3v) is 4.05. The van der Waals surface area contributed by atoms with Gasteiger partial charge in [-0.2, -0.15) is 5.26 Å². The minimum Gasteiger partial charge on any atom is -0.322 e. The van der Waals surface area contributed by atoms with Gasteiger partial charge >= 0.3 is 0 Å². The van der Waals surface area contributed by atoms with Crippen LogP contribution in [-0.2, 0) is 6.42 Å². The molecule has 2 aromatic rings. The number of thioether (sulfide) groups is 1. The van der Waals surface area contributed by atoms with Crippen molar-refractivity contribution in [3.63, 3.8) is 0 Å². The zero-order chi connectivity index (χ0) is 16.1. The van der Waals surface area contributed by atoms with Crippen LogP contribution in [0.1, 0.15) is 34.1 Å². The SMILES string of the molecule is CCc1c(C#N)c(SC)nc(C)c1C(=O)Nc1ccccc1. The van der Waals surface area contributed by atoms with Crippen molar-refractivity contribution in [2.45, 2.75) is 25.3 Å². The van der Waals surface area contributed by atoms with E-state index >= 15 is 0 Å². The highest BCUT2D eigenvalue weighted by molar-refractivity contribution is 7.98. The number of carbonyl (C=O) groups excluding carboxylic acids is 1. The Balaban J connectivity index is 2.50. The van der Waals surface area contributed by atoms with Crippen molar-refractivity contribution in [1.29, 1.82) is 5.26 Å². The molecule has 1 heterocycles. The van der Waals surface area contributed by atoms with Crippen LogP contribution >= 0.6 is 11.8 Å². The molecule has 0 unspecified atom stereocenters. The number of para-hydroxylation sites is 1. The molecule has 0 aliphatic carbocycles. The van der Waals surface area contributed by atoms with E-state index in [9.17, 15) is 10.1 Å². The van der Waals surface area contributed by atoms with Crippen molar-refractivity contribution in [1.82, 2.24) is 4.98 Å². The van der Waals surface area contributed by atoms with E-state index < -0.39 is 0 Å². The Morgan fingerprint density at radius 1 is 1.36 bits per heavy atom. The van der Waals surface area contributed by atoms with Gasteiger partial charge in [0, 0.05) is 5.69 Å². The zero-order valence-electron chi connectivity index (χ0n) is 12.8. The number of benzene rings is 1. The van der Waals surface area contributed by atoms with Gasteiger partial charge < -0.3 is 5.32 Å². The van der Waals surface area contributed by atoms with Crippen LogP contribution in [-0.4, -0.2) is 17.1 Å². The van der Waals surface area contributed by atoms with Gasteiger partial charge in [0.15, 0.2) is 0 Å². The van der Waals surface area contributed by atoms with Crippen molar-refractivity contribution in [3.8, 4) is 6.07 Å². The molecule has 2 rings (SSSR count). The number of amides is 1. The van der Waals surface area contributed by atoms with Gasteiger partial charge in [0.1, 0.15) is 11.1 Å². The second kappa shape index (κ2) is 7.10. The minimum atomic E-state index is -0.225. The average Bonchev–Trinajstić information content (AvgIpc) is 2.54. The molecule has 112 valence electrons. The molecule has 0 radical (unpaired) electrons. The van der Waals surface area contributed by atoms with Gasteiger partial charge in [-0.25, -0.2) is 4.98 Å². The van der Waals surface area contributed by atoms with E-state index in [0.717, 1.165) is 11.3 Å². The summed E-state index contributed by atoms with van der Waals surface area (Å²) in [5.41, 5.74) is 3.13. The zero-order valence-corrected chi connectivity index (χ0v) is 13.6. The van der Waals surface area contributed by atoms with Gasteiger partial charge in [0.05, 0.1) is 16.8 Å². The summed E-state index contributed by atoms with van der Waals surface area (Å²) in [6.45, 7) is 3.75. The Hall–Kier alpha value is -2.32. The van der Waals surface area contributed by atoms with Crippen LogP contribution in [0.15, 0.2) is 35.4 Å². The van der Waals surface area contributed by atoms with Crippen LogP contribution < -0.4 is 5.32 Å². The topological polar surface area (TPSA) is 65.8 Å². The highest BCUT2D eigenvalue weighted by Crippen LogP contribution is 2.27. The predicted octanol–water partition coefficient (Wildman–Crippen LogP) is 3.80. The largest absolute Gasteiger partial charge is 0.322 e. The fraction of sp³-hybridized carbons (Fsp3) is 0.235. The Labute approximate surface area is 134 Å². The molecule has 0 fully saturated rings. The fourth-order valence-corrected chi connectivity index (χ4v) is 2.97. The highest BCUT2D eigenvalue weighted by atomic mass is 32.2. The number of nitrogens with one attached hydrogen (secondary N) is 1. The predicted molar refractivity (Wildman–Crippen MR) is 89.2 cm³/mol. The Bertz CT molecular complexity index is 736. The average molecular weight is 311 g/mol. The number of anilines is 1. The molecule has 4 nitrogen and oxygen atoms in total. The lowest BCUT2D eigenvalue weighted by Gasteiger charge is -2.15. The molecular weight excluding hydrogens is 294 g/mol. The first-order chi connectivity index (χ1) is 10.6. The van der Waals surface area contributed by atoms with Crippen LogP contribution in [0.25, 0.3) is 0 Å². The molecule has 22 heavy (non-hydrogen) atoms. The van der Waals surface area contributed by atoms with Gasteiger partial charge in [-0.05, 0) is 37.3 Å². The molecule has 0 spiro atoms. The summed E-state index contributed by atoms with van der Waals surface area (Å²) < 4.78 is 0. The number of nitrogens with zero attached hydrogens (tertiary/aromatic N) is 2. The lowest BCUT2D eigenvalue weighted by atomic mass is 9.99.